The van der Waals surface area contributed by atoms with Crippen LogP contribution in [0, 0.1) is 6.92 Å². The number of hydrogen-bond acceptors (Lipinski definition) is 4. The Balaban J connectivity index is 1.74. The Labute approximate surface area is 119 Å². The Kier molecular flexibility index (Phi) is 5.38. The lowest BCUT2D eigenvalue weighted by Crippen LogP contribution is -2.10. The van der Waals surface area contributed by atoms with E-state index in [9.17, 15) is 0 Å². The van der Waals surface area contributed by atoms with Gasteiger partial charge in [0.2, 0.25) is 0 Å². The summed E-state index contributed by atoms with van der Waals surface area (Å²) in [6.07, 6.45) is 2.64. The molecule has 0 radical (unpaired) electrons. The maximum atomic E-state index is 5.62. The van der Waals surface area contributed by atoms with Crippen LogP contribution in [-0.4, -0.2) is 24.7 Å². The van der Waals surface area contributed by atoms with E-state index in [1.54, 1.807) is 6.20 Å². The highest BCUT2D eigenvalue weighted by Gasteiger charge is 1.99. The van der Waals surface area contributed by atoms with Gasteiger partial charge in [-0.15, -0.1) is 0 Å². The topological polar surface area (TPSA) is 57.4 Å². The predicted molar refractivity (Wildman–Crippen MR) is 79.2 cm³/mol. The van der Waals surface area contributed by atoms with Gasteiger partial charge in [-0.05, 0) is 49.7 Å². The van der Waals surface area contributed by atoms with Gasteiger partial charge in [0.15, 0.2) is 0 Å². The Bertz CT molecular complexity index is 526. The quantitative estimate of drug-likeness (QED) is 0.786. The first-order valence-corrected chi connectivity index (χ1v) is 6.76. The number of nitrogens with zero attached hydrogens (tertiary/aromatic N) is 1. The molecule has 0 saturated carbocycles. The number of hydrogen-bond donors (Lipinski definition) is 1. The molecule has 0 saturated heterocycles. The highest BCUT2D eigenvalue weighted by atomic mass is 16.5. The van der Waals surface area contributed by atoms with Crippen LogP contribution in [0.4, 0.5) is 0 Å². The van der Waals surface area contributed by atoms with Crippen molar-refractivity contribution in [2.24, 2.45) is 5.73 Å². The van der Waals surface area contributed by atoms with Crippen LogP contribution < -0.4 is 15.2 Å². The molecule has 2 N–H and O–H groups in total. The molecule has 1 aromatic carbocycles. The average molecular weight is 272 g/mol. The lowest BCUT2D eigenvalue weighted by molar-refractivity contribution is 0.215. The standard InChI is InChI=1S/C16H20N2O2/c1-13-16(3-2-10-18-13)20-12-11-19-15-6-4-14(5-7-15)8-9-17/h2-7,10H,8-9,11-12,17H2,1H3. The third kappa shape index (κ3) is 4.24. The molecule has 2 rings (SSSR count). The van der Waals surface area contributed by atoms with Crippen LogP contribution >= 0.6 is 0 Å². The van der Waals surface area contributed by atoms with Crippen LogP contribution in [0.3, 0.4) is 0 Å². The molecule has 20 heavy (non-hydrogen) atoms. The fraction of sp³-hybridized carbons (Fsp3) is 0.312. The SMILES string of the molecule is Cc1ncccc1OCCOc1ccc(CCN)cc1. The molecule has 4 nitrogen and oxygen atoms in total. The van der Waals surface area contributed by atoms with E-state index in [4.69, 9.17) is 15.2 Å². The van der Waals surface area contributed by atoms with Crippen molar-refractivity contribution < 1.29 is 9.47 Å². The normalized spacial score (nSPS) is 10.3. The average Bonchev–Trinajstić information content (AvgIpc) is 2.47. The summed E-state index contributed by atoms with van der Waals surface area (Å²) in [5.74, 6) is 1.65. The van der Waals surface area contributed by atoms with Gasteiger partial charge >= 0.3 is 0 Å². The lowest BCUT2D eigenvalue weighted by atomic mass is 10.1. The molecule has 1 heterocycles. The second-order valence-corrected chi connectivity index (χ2v) is 4.47. The fourth-order valence-electron chi connectivity index (χ4n) is 1.85. The van der Waals surface area contributed by atoms with E-state index in [1.165, 1.54) is 5.56 Å². The molecule has 0 fully saturated rings. The number of pyridine rings is 1. The molecule has 0 aliphatic heterocycles. The molecule has 0 bridgehead atoms. The fourth-order valence-corrected chi connectivity index (χ4v) is 1.85. The van der Waals surface area contributed by atoms with E-state index < -0.39 is 0 Å². The highest BCUT2D eigenvalue weighted by molar-refractivity contribution is 5.27. The minimum Gasteiger partial charge on any atom is -0.490 e. The zero-order valence-corrected chi connectivity index (χ0v) is 11.7. The summed E-state index contributed by atoms with van der Waals surface area (Å²) in [6.45, 7) is 3.59. The molecule has 1 aromatic heterocycles. The molecule has 0 atom stereocenters. The van der Waals surface area contributed by atoms with E-state index in [2.05, 4.69) is 4.98 Å². The molecule has 2 aromatic rings. The molecular weight excluding hydrogens is 252 g/mol. The number of nitrogens with two attached hydrogens (primary N) is 1. The maximum Gasteiger partial charge on any atom is 0.140 e. The van der Waals surface area contributed by atoms with Crippen molar-refractivity contribution in [3.05, 3.63) is 53.9 Å². The van der Waals surface area contributed by atoms with Gasteiger partial charge in [-0.2, -0.15) is 0 Å². The Hall–Kier alpha value is -2.07. The molecule has 0 aliphatic carbocycles. The van der Waals surface area contributed by atoms with Gasteiger partial charge in [0.1, 0.15) is 24.7 Å². The van der Waals surface area contributed by atoms with Crippen LogP contribution in [-0.2, 0) is 6.42 Å². The predicted octanol–water partition coefficient (Wildman–Crippen LogP) is 2.35. The van der Waals surface area contributed by atoms with Gasteiger partial charge in [-0.3, -0.25) is 4.98 Å². The van der Waals surface area contributed by atoms with Crippen molar-refractivity contribution in [2.75, 3.05) is 19.8 Å². The smallest absolute Gasteiger partial charge is 0.140 e. The third-order valence-corrected chi connectivity index (χ3v) is 2.92. The number of rotatable bonds is 7. The van der Waals surface area contributed by atoms with Crippen LogP contribution in [0.5, 0.6) is 11.5 Å². The first-order valence-electron chi connectivity index (χ1n) is 6.76. The molecule has 0 unspecified atom stereocenters. The lowest BCUT2D eigenvalue weighted by Gasteiger charge is -2.10. The van der Waals surface area contributed by atoms with Crippen molar-refractivity contribution in [3.8, 4) is 11.5 Å². The molecule has 0 aliphatic rings. The summed E-state index contributed by atoms with van der Waals surface area (Å²) in [7, 11) is 0. The molecule has 0 spiro atoms. The van der Waals surface area contributed by atoms with Crippen LogP contribution in [0.25, 0.3) is 0 Å². The Morgan fingerprint density at radius 2 is 1.80 bits per heavy atom. The molecule has 4 heteroatoms. The molecule has 106 valence electrons. The largest absolute Gasteiger partial charge is 0.490 e. The summed E-state index contributed by atoms with van der Waals surface area (Å²) in [4.78, 5) is 4.17. The third-order valence-electron chi connectivity index (χ3n) is 2.92. The first kappa shape index (κ1) is 14.3. The summed E-state index contributed by atoms with van der Waals surface area (Å²) >= 11 is 0. The number of aromatic nitrogens is 1. The van der Waals surface area contributed by atoms with Crippen molar-refractivity contribution in [1.82, 2.24) is 4.98 Å². The van der Waals surface area contributed by atoms with Crippen molar-refractivity contribution >= 4 is 0 Å². The van der Waals surface area contributed by atoms with E-state index in [0.717, 1.165) is 23.6 Å². The Morgan fingerprint density at radius 3 is 2.50 bits per heavy atom. The van der Waals surface area contributed by atoms with Gasteiger partial charge in [-0.25, -0.2) is 0 Å². The summed E-state index contributed by atoms with van der Waals surface area (Å²) in [5, 5.41) is 0. The number of aryl methyl sites for hydroxylation is 1. The van der Waals surface area contributed by atoms with Crippen molar-refractivity contribution in [3.63, 3.8) is 0 Å². The number of ether oxygens (including phenoxy) is 2. The van der Waals surface area contributed by atoms with E-state index >= 15 is 0 Å². The highest BCUT2D eigenvalue weighted by Crippen LogP contribution is 2.14. The second-order valence-electron chi connectivity index (χ2n) is 4.47. The minimum absolute atomic E-state index is 0.497. The van der Waals surface area contributed by atoms with Crippen LogP contribution in [0.2, 0.25) is 0 Å². The monoisotopic (exact) mass is 272 g/mol. The zero-order chi connectivity index (χ0) is 14.2. The Morgan fingerprint density at radius 1 is 1.05 bits per heavy atom. The van der Waals surface area contributed by atoms with Crippen LogP contribution in [0.15, 0.2) is 42.6 Å². The summed E-state index contributed by atoms with van der Waals surface area (Å²) < 4.78 is 11.2. The van der Waals surface area contributed by atoms with Gasteiger partial charge in [0.25, 0.3) is 0 Å². The molecular formula is C16H20N2O2. The second kappa shape index (κ2) is 7.50. The zero-order valence-electron chi connectivity index (χ0n) is 11.7. The number of benzene rings is 1. The minimum atomic E-state index is 0.497. The molecule has 0 amide bonds. The summed E-state index contributed by atoms with van der Waals surface area (Å²) in [5.41, 5.74) is 7.62. The summed E-state index contributed by atoms with van der Waals surface area (Å²) in [6, 6.07) is 11.8. The first-order chi connectivity index (χ1) is 9.79. The van der Waals surface area contributed by atoms with Crippen molar-refractivity contribution in [1.29, 1.82) is 0 Å². The van der Waals surface area contributed by atoms with Gasteiger partial charge in [0, 0.05) is 6.20 Å². The van der Waals surface area contributed by atoms with Crippen LogP contribution in [0.1, 0.15) is 11.3 Å². The van der Waals surface area contributed by atoms with Gasteiger partial charge < -0.3 is 15.2 Å². The van der Waals surface area contributed by atoms with Gasteiger partial charge in [-0.1, -0.05) is 12.1 Å². The van der Waals surface area contributed by atoms with Gasteiger partial charge in [0.05, 0.1) is 5.69 Å². The van der Waals surface area contributed by atoms with E-state index in [-0.39, 0.29) is 0 Å². The van der Waals surface area contributed by atoms with E-state index in [0.29, 0.717) is 19.8 Å². The van der Waals surface area contributed by atoms with E-state index in [1.807, 2.05) is 43.3 Å². The maximum absolute atomic E-state index is 5.62. The van der Waals surface area contributed by atoms with Crippen molar-refractivity contribution in [2.45, 2.75) is 13.3 Å².